The third-order valence-corrected chi connectivity index (χ3v) is 5.58. The minimum absolute atomic E-state index is 0.0429. The molecule has 0 radical (unpaired) electrons. The van der Waals surface area contributed by atoms with Crippen LogP contribution in [0.5, 0.6) is 5.88 Å². The third kappa shape index (κ3) is 3.67. The second-order valence-electron chi connectivity index (χ2n) is 7.35. The first-order valence-corrected chi connectivity index (χ1v) is 9.57. The number of aromatic nitrogens is 2. The lowest BCUT2D eigenvalue weighted by molar-refractivity contribution is -0.140. The number of rotatable bonds is 4. The van der Waals surface area contributed by atoms with E-state index in [1.807, 2.05) is 42.2 Å². The second-order valence-corrected chi connectivity index (χ2v) is 7.35. The van der Waals surface area contributed by atoms with Crippen molar-refractivity contribution in [3.05, 3.63) is 53.7 Å². The SMILES string of the molecule is Cc1ccc(OC2CCN(C(=O)C3(c4ccccc4)CCOCC3)C2)nn1. The van der Waals surface area contributed by atoms with Crippen molar-refractivity contribution in [1.82, 2.24) is 15.1 Å². The fraction of sp³-hybridized carbons (Fsp3) is 0.476. The van der Waals surface area contributed by atoms with E-state index in [-0.39, 0.29) is 12.0 Å². The summed E-state index contributed by atoms with van der Waals surface area (Å²) in [6, 6.07) is 13.8. The molecule has 0 N–H and O–H groups in total. The average Bonchev–Trinajstić information content (AvgIpc) is 3.19. The summed E-state index contributed by atoms with van der Waals surface area (Å²) in [5.74, 6) is 0.710. The van der Waals surface area contributed by atoms with Crippen LogP contribution in [0.4, 0.5) is 0 Å². The molecule has 6 heteroatoms. The van der Waals surface area contributed by atoms with E-state index in [0.29, 0.717) is 32.2 Å². The van der Waals surface area contributed by atoms with Crippen LogP contribution in [0, 0.1) is 6.92 Å². The molecule has 2 aliphatic rings. The molecule has 1 unspecified atom stereocenters. The summed E-state index contributed by atoms with van der Waals surface area (Å²) in [7, 11) is 0. The van der Waals surface area contributed by atoms with Gasteiger partial charge >= 0.3 is 0 Å². The van der Waals surface area contributed by atoms with E-state index >= 15 is 0 Å². The van der Waals surface area contributed by atoms with Gasteiger partial charge in [0.2, 0.25) is 11.8 Å². The average molecular weight is 367 g/mol. The number of amides is 1. The summed E-state index contributed by atoms with van der Waals surface area (Å²) in [4.78, 5) is 15.5. The highest BCUT2D eigenvalue weighted by molar-refractivity contribution is 5.88. The van der Waals surface area contributed by atoms with Crippen molar-refractivity contribution in [2.45, 2.75) is 37.7 Å². The summed E-state index contributed by atoms with van der Waals surface area (Å²) in [6.07, 6.45) is 2.21. The van der Waals surface area contributed by atoms with Gasteiger partial charge in [-0.05, 0) is 31.4 Å². The van der Waals surface area contributed by atoms with E-state index in [2.05, 4.69) is 22.3 Å². The topological polar surface area (TPSA) is 64.5 Å². The predicted molar refractivity (Wildman–Crippen MR) is 101 cm³/mol. The molecule has 1 aromatic heterocycles. The molecule has 0 bridgehead atoms. The minimum Gasteiger partial charge on any atom is -0.471 e. The summed E-state index contributed by atoms with van der Waals surface area (Å²) >= 11 is 0. The molecule has 142 valence electrons. The Morgan fingerprint density at radius 1 is 1.15 bits per heavy atom. The van der Waals surface area contributed by atoms with E-state index in [4.69, 9.17) is 9.47 Å². The molecular weight excluding hydrogens is 342 g/mol. The molecule has 2 fully saturated rings. The highest BCUT2D eigenvalue weighted by atomic mass is 16.5. The normalized spacial score (nSPS) is 21.8. The van der Waals surface area contributed by atoms with Crippen LogP contribution in [-0.4, -0.2) is 53.4 Å². The number of hydrogen-bond acceptors (Lipinski definition) is 5. The van der Waals surface area contributed by atoms with Gasteiger partial charge in [-0.3, -0.25) is 4.79 Å². The van der Waals surface area contributed by atoms with Crippen molar-refractivity contribution in [3.8, 4) is 5.88 Å². The van der Waals surface area contributed by atoms with Crippen LogP contribution in [0.3, 0.4) is 0 Å². The van der Waals surface area contributed by atoms with E-state index in [0.717, 1.165) is 30.5 Å². The Labute approximate surface area is 159 Å². The first-order chi connectivity index (χ1) is 13.2. The summed E-state index contributed by atoms with van der Waals surface area (Å²) in [5, 5.41) is 8.10. The lowest BCUT2D eigenvalue weighted by Crippen LogP contribution is -2.49. The molecule has 3 heterocycles. The maximum Gasteiger partial charge on any atom is 0.233 e. The zero-order valence-electron chi connectivity index (χ0n) is 15.6. The minimum atomic E-state index is -0.488. The number of carbonyl (C=O) groups excluding carboxylic acids is 1. The largest absolute Gasteiger partial charge is 0.471 e. The van der Waals surface area contributed by atoms with Gasteiger partial charge in [0.15, 0.2) is 0 Å². The van der Waals surface area contributed by atoms with Gasteiger partial charge in [0, 0.05) is 32.2 Å². The Hall–Kier alpha value is -2.47. The maximum absolute atomic E-state index is 13.6. The molecule has 2 aromatic rings. The van der Waals surface area contributed by atoms with Crippen LogP contribution in [0.1, 0.15) is 30.5 Å². The molecular formula is C21H25N3O3. The predicted octanol–water partition coefficient (Wildman–Crippen LogP) is 2.51. The van der Waals surface area contributed by atoms with Crippen molar-refractivity contribution >= 4 is 5.91 Å². The van der Waals surface area contributed by atoms with Crippen LogP contribution in [-0.2, 0) is 14.9 Å². The Kier molecular flexibility index (Phi) is 5.07. The summed E-state index contributed by atoms with van der Waals surface area (Å²) in [6.45, 7) is 4.42. The van der Waals surface area contributed by atoms with E-state index in [1.54, 1.807) is 0 Å². The molecule has 0 saturated carbocycles. The highest BCUT2D eigenvalue weighted by Gasteiger charge is 2.45. The number of benzene rings is 1. The number of likely N-dealkylation sites (tertiary alicyclic amines) is 1. The third-order valence-electron chi connectivity index (χ3n) is 5.58. The Bertz CT molecular complexity index is 773. The van der Waals surface area contributed by atoms with Gasteiger partial charge in [-0.15, -0.1) is 5.10 Å². The summed E-state index contributed by atoms with van der Waals surface area (Å²) < 4.78 is 11.5. The molecule has 2 aliphatic heterocycles. The first kappa shape index (κ1) is 17.9. The van der Waals surface area contributed by atoms with Crippen molar-refractivity contribution in [2.75, 3.05) is 26.3 Å². The zero-order chi connectivity index (χ0) is 18.7. The van der Waals surface area contributed by atoms with E-state index < -0.39 is 5.41 Å². The van der Waals surface area contributed by atoms with Gasteiger partial charge in [0.1, 0.15) is 6.10 Å². The summed E-state index contributed by atoms with van der Waals surface area (Å²) in [5.41, 5.74) is 1.46. The van der Waals surface area contributed by atoms with Crippen LogP contribution in [0.2, 0.25) is 0 Å². The van der Waals surface area contributed by atoms with E-state index in [1.165, 1.54) is 0 Å². The fourth-order valence-corrected chi connectivity index (χ4v) is 4.03. The lowest BCUT2D eigenvalue weighted by atomic mass is 9.73. The standard InChI is InChI=1S/C21H25N3O3/c1-16-7-8-19(23-22-16)27-18-9-12-24(15-18)20(25)21(10-13-26-14-11-21)17-5-3-2-4-6-17/h2-8,18H,9-15H2,1H3. The lowest BCUT2D eigenvalue weighted by Gasteiger charge is -2.39. The van der Waals surface area contributed by atoms with Gasteiger partial charge in [-0.2, -0.15) is 5.10 Å². The van der Waals surface area contributed by atoms with Gasteiger partial charge in [-0.1, -0.05) is 30.3 Å². The molecule has 1 amide bonds. The quantitative estimate of drug-likeness (QED) is 0.831. The number of hydrogen-bond donors (Lipinski definition) is 0. The van der Waals surface area contributed by atoms with Crippen molar-refractivity contribution in [1.29, 1.82) is 0 Å². The first-order valence-electron chi connectivity index (χ1n) is 9.57. The molecule has 2 saturated heterocycles. The van der Waals surface area contributed by atoms with E-state index in [9.17, 15) is 4.79 Å². The smallest absolute Gasteiger partial charge is 0.233 e. The van der Waals surface area contributed by atoms with Gasteiger partial charge in [-0.25, -0.2) is 0 Å². The Balaban J connectivity index is 1.48. The highest BCUT2D eigenvalue weighted by Crippen LogP contribution is 2.37. The van der Waals surface area contributed by atoms with Crippen molar-refractivity contribution in [2.24, 2.45) is 0 Å². The number of nitrogens with zero attached hydrogens (tertiary/aromatic N) is 3. The second kappa shape index (κ2) is 7.64. The van der Waals surface area contributed by atoms with Crippen LogP contribution in [0.25, 0.3) is 0 Å². The zero-order valence-corrected chi connectivity index (χ0v) is 15.6. The van der Waals surface area contributed by atoms with Crippen molar-refractivity contribution < 1.29 is 14.3 Å². The van der Waals surface area contributed by atoms with Gasteiger partial charge in [0.25, 0.3) is 0 Å². The molecule has 4 rings (SSSR count). The molecule has 0 spiro atoms. The Morgan fingerprint density at radius 2 is 1.93 bits per heavy atom. The monoisotopic (exact) mass is 367 g/mol. The number of carbonyl (C=O) groups is 1. The van der Waals surface area contributed by atoms with Crippen LogP contribution in [0.15, 0.2) is 42.5 Å². The number of aryl methyl sites for hydroxylation is 1. The maximum atomic E-state index is 13.6. The number of ether oxygens (including phenoxy) is 2. The molecule has 0 aliphatic carbocycles. The van der Waals surface area contributed by atoms with Gasteiger partial charge in [0.05, 0.1) is 17.7 Å². The molecule has 6 nitrogen and oxygen atoms in total. The molecule has 1 atom stereocenters. The van der Waals surface area contributed by atoms with Crippen molar-refractivity contribution in [3.63, 3.8) is 0 Å². The fourth-order valence-electron chi connectivity index (χ4n) is 4.03. The van der Waals surface area contributed by atoms with Gasteiger partial charge < -0.3 is 14.4 Å². The molecule has 1 aromatic carbocycles. The van der Waals surface area contributed by atoms with Crippen LogP contribution >= 0.6 is 0 Å². The Morgan fingerprint density at radius 3 is 2.63 bits per heavy atom. The van der Waals surface area contributed by atoms with Crippen LogP contribution < -0.4 is 4.74 Å². The molecule has 27 heavy (non-hydrogen) atoms.